The van der Waals surface area contributed by atoms with Gasteiger partial charge in [-0.1, -0.05) is 61.7 Å². The lowest BCUT2D eigenvalue weighted by Crippen LogP contribution is -2.49. The van der Waals surface area contributed by atoms with Crippen LogP contribution in [0.25, 0.3) is 0 Å². The average molecular weight is 425 g/mol. The fourth-order valence-corrected chi connectivity index (χ4v) is 3.80. The number of nitrogens with one attached hydrogen (secondary N) is 1. The molecule has 2 aromatic rings. The van der Waals surface area contributed by atoms with Gasteiger partial charge in [0.05, 0.1) is 13.5 Å². The van der Waals surface area contributed by atoms with E-state index in [1.165, 1.54) is 0 Å². The fraction of sp³-hybridized carbons (Fsp3) is 0.462. The lowest BCUT2D eigenvalue weighted by atomic mass is 10.0. The molecule has 0 heterocycles. The fourth-order valence-electron chi connectivity index (χ4n) is 3.80. The van der Waals surface area contributed by atoms with E-state index in [-0.39, 0.29) is 18.2 Å². The molecule has 0 spiro atoms. The Morgan fingerprint density at radius 3 is 2.19 bits per heavy atom. The molecule has 1 atom stereocenters. The van der Waals surface area contributed by atoms with Crippen molar-refractivity contribution < 1.29 is 14.3 Å². The number of carbonyl (C=O) groups excluding carboxylic acids is 2. The van der Waals surface area contributed by atoms with E-state index in [4.69, 9.17) is 4.74 Å². The Kier molecular flexibility index (Phi) is 9.57. The van der Waals surface area contributed by atoms with E-state index in [9.17, 15) is 9.59 Å². The Morgan fingerprint density at radius 2 is 1.65 bits per heavy atom. The normalized spacial score (nSPS) is 11.6. The number of nitrogens with zero attached hydrogens (tertiary/aromatic N) is 1. The Balaban J connectivity index is 2.27. The van der Waals surface area contributed by atoms with Crippen molar-refractivity contribution in [2.75, 3.05) is 13.7 Å². The summed E-state index contributed by atoms with van der Waals surface area (Å²) in [5.41, 5.74) is 4.21. The smallest absolute Gasteiger partial charge is 0.242 e. The SMILES string of the molecule is CCCCNC(=O)[C@H](CC)N(Cc1ccc(OC)cc1)C(=O)Cc1cc(C)cc(C)c1. The van der Waals surface area contributed by atoms with Crippen LogP contribution in [-0.2, 0) is 22.6 Å². The van der Waals surface area contributed by atoms with E-state index in [2.05, 4.69) is 18.3 Å². The predicted molar refractivity (Wildman–Crippen MR) is 125 cm³/mol. The van der Waals surface area contributed by atoms with Crippen molar-refractivity contribution in [3.8, 4) is 5.75 Å². The van der Waals surface area contributed by atoms with E-state index in [0.717, 1.165) is 40.8 Å². The summed E-state index contributed by atoms with van der Waals surface area (Å²) in [6, 6.07) is 13.3. The third-order valence-electron chi connectivity index (χ3n) is 5.36. The molecule has 0 bridgehead atoms. The van der Waals surface area contributed by atoms with Crippen LogP contribution in [0.1, 0.15) is 55.4 Å². The standard InChI is InChI=1S/C26H36N2O3/c1-6-8-13-27-26(30)24(7-2)28(18-21-9-11-23(31-5)12-10-21)25(29)17-22-15-19(3)14-20(4)16-22/h9-12,14-16,24H,6-8,13,17-18H2,1-5H3,(H,27,30)/t24-/m0/s1. The molecule has 0 saturated carbocycles. The summed E-state index contributed by atoms with van der Waals surface area (Å²) in [4.78, 5) is 28.1. The molecule has 0 fully saturated rings. The van der Waals surface area contributed by atoms with Crippen LogP contribution in [-0.4, -0.2) is 36.4 Å². The maximum Gasteiger partial charge on any atom is 0.242 e. The number of amides is 2. The second kappa shape index (κ2) is 12.1. The molecule has 0 aliphatic rings. The third-order valence-corrected chi connectivity index (χ3v) is 5.36. The molecule has 0 radical (unpaired) electrons. The van der Waals surface area contributed by atoms with Crippen molar-refractivity contribution in [1.82, 2.24) is 10.2 Å². The number of ether oxygens (including phenoxy) is 1. The minimum absolute atomic E-state index is 0.0432. The topological polar surface area (TPSA) is 58.6 Å². The van der Waals surface area contributed by atoms with Crippen LogP contribution >= 0.6 is 0 Å². The number of unbranched alkanes of at least 4 members (excludes halogenated alkanes) is 1. The van der Waals surface area contributed by atoms with E-state index < -0.39 is 6.04 Å². The molecule has 5 heteroatoms. The first-order valence-corrected chi connectivity index (χ1v) is 11.1. The summed E-state index contributed by atoms with van der Waals surface area (Å²) in [5, 5.41) is 3.00. The number of rotatable bonds is 11. The molecule has 168 valence electrons. The molecule has 0 aliphatic heterocycles. The van der Waals surface area contributed by atoms with E-state index in [1.54, 1.807) is 12.0 Å². The van der Waals surface area contributed by atoms with Gasteiger partial charge in [-0.05, 0) is 49.9 Å². The number of aryl methyl sites for hydroxylation is 2. The molecule has 0 aromatic heterocycles. The molecule has 2 aromatic carbocycles. The Morgan fingerprint density at radius 1 is 1.00 bits per heavy atom. The zero-order valence-electron chi connectivity index (χ0n) is 19.5. The van der Waals surface area contributed by atoms with Gasteiger partial charge in [0.1, 0.15) is 11.8 Å². The lowest BCUT2D eigenvalue weighted by molar-refractivity contribution is -0.140. The molecule has 2 rings (SSSR count). The molecule has 0 saturated heterocycles. The predicted octanol–water partition coefficient (Wildman–Crippen LogP) is 4.58. The maximum atomic E-state index is 13.4. The van der Waals surface area contributed by atoms with Gasteiger partial charge in [-0.2, -0.15) is 0 Å². The van der Waals surface area contributed by atoms with Gasteiger partial charge in [0.25, 0.3) is 0 Å². The number of benzene rings is 2. The highest BCUT2D eigenvalue weighted by molar-refractivity contribution is 5.88. The highest BCUT2D eigenvalue weighted by Crippen LogP contribution is 2.18. The summed E-state index contributed by atoms with van der Waals surface area (Å²) in [5.74, 6) is 0.637. The lowest BCUT2D eigenvalue weighted by Gasteiger charge is -2.31. The molecular formula is C26H36N2O3. The third kappa shape index (κ3) is 7.42. The van der Waals surface area contributed by atoms with Crippen molar-refractivity contribution in [1.29, 1.82) is 0 Å². The van der Waals surface area contributed by atoms with Gasteiger partial charge in [0.2, 0.25) is 11.8 Å². The highest BCUT2D eigenvalue weighted by atomic mass is 16.5. The van der Waals surface area contributed by atoms with Crippen LogP contribution in [0.3, 0.4) is 0 Å². The largest absolute Gasteiger partial charge is 0.497 e. The molecule has 0 aliphatic carbocycles. The Hall–Kier alpha value is -2.82. The van der Waals surface area contributed by atoms with Crippen LogP contribution in [0.2, 0.25) is 0 Å². The van der Waals surface area contributed by atoms with Gasteiger partial charge < -0.3 is 15.0 Å². The zero-order chi connectivity index (χ0) is 22.8. The van der Waals surface area contributed by atoms with Crippen LogP contribution < -0.4 is 10.1 Å². The van der Waals surface area contributed by atoms with Gasteiger partial charge in [-0.15, -0.1) is 0 Å². The number of carbonyl (C=O) groups is 2. The van der Waals surface area contributed by atoms with Gasteiger partial charge in [-0.25, -0.2) is 0 Å². The van der Waals surface area contributed by atoms with Crippen molar-refractivity contribution >= 4 is 11.8 Å². The van der Waals surface area contributed by atoms with E-state index in [1.807, 2.05) is 57.2 Å². The zero-order valence-corrected chi connectivity index (χ0v) is 19.5. The van der Waals surface area contributed by atoms with Crippen molar-refractivity contribution in [2.45, 2.75) is 66.0 Å². The average Bonchev–Trinajstić information content (AvgIpc) is 2.73. The van der Waals surface area contributed by atoms with Gasteiger partial charge >= 0.3 is 0 Å². The van der Waals surface area contributed by atoms with Crippen molar-refractivity contribution in [3.05, 3.63) is 64.7 Å². The van der Waals surface area contributed by atoms with Crippen molar-refractivity contribution in [2.24, 2.45) is 0 Å². The summed E-state index contributed by atoms with van der Waals surface area (Å²) >= 11 is 0. The first kappa shape index (κ1) is 24.4. The molecule has 5 nitrogen and oxygen atoms in total. The molecule has 1 N–H and O–H groups in total. The maximum absolute atomic E-state index is 13.4. The van der Waals surface area contributed by atoms with E-state index in [0.29, 0.717) is 19.5 Å². The quantitative estimate of drug-likeness (QED) is 0.537. The van der Waals surface area contributed by atoms with Crippen LogP contribution in [0.5, 0.6) is 5.75 Å². The second-order valence-electron chi connectivity index (χ2n) is 8.11. The minimum Gasteiger partial charge on any atom is -0.497 e. The highest BCUT2D eigenvalue weighted by Gasteiger charge is 2.28. The molecule has 2 amide bonds. The molecular weight excluding hydrogens is 388 g/mol. The number of methoxy groups -OCH3 is 1. The summed E-state index contributed by atoms with van der Waals surface area (Å²) in [6.45, 7) is 9.13. The second-order valence-corrected chi connectivity index (χ2v) is 8.11. The summed E-state index contributed by atoms with van der Waals surface area (Å²) in [7, 11) is 1.63. The minimum atomic E-state index is -0.502. The Labute approximate surface area is 186 Å². The van der Waals surface area contributed by atoms with Gasteiger partial charge in [-0.3, -0.25) is 9.59 Å². The number of hydrogen-bond donors (Lipinski definition) is 1. The van der Waals surface area contributed by atoms with Gasteiger partial charge in [0.15, 0.2) is 0 Å². The van der Waals surface area contributed by atoms with Crippen LogP contribution in [0, 0.1) is 13.8 Å². The Bertz CT molecular complexity index is 841. The van der Waals surface area contributed by atoms with Gasteiger partial charge in [0, 0.05) is 13.1 Å². The summed E-state index contributed by atoms with van der Waals surface area (Å²) in [6.07, 6.45) is 2.78. The van der Waals surface area contributed by atoms with Crippen LogP contribution in [0.15, 0.2) is 42.5 Å². The first-order chi connectivity index (χ1) is 14.9. The monoisotopic (exact) mass is 424 g/mol. The first-order valence-electron chi connectivity index (χ1n) is 11.1. The van der Waals surface area contributed by atoms with Crippen LogP contribution in [0.4, 0.5) is 0 Å². The molecule has 0 unspecified atom stereocenters. The number of hydrogen-bond acceptors (Lipinski definition) is 3. The van der Waals surface area contributed by atoms with E-state index >= 15 is 0 Å². The summed E-state index contributed by atoms with van der Waals surface area (Å²) < 4.78 is 5.24. The molecule has 31 heavy (non-hydrogen) atoms. The van der Waals surface area contributed by atoms with Crippen molar-refractivity contribution in [3.63, 3.8) is 0 Å².